The molecule has 0 saturated carbocycles. The fourth-order valence-corrected chi connectivity index (χ4v) is 2.37. The fourth-order valence-electron chi connectivity index (χ4n) is 1.89. The molecule has 0 amide bonds. The molecule has 2 rings (SSSR count). The third-order valence-corrected chi connectivity index (χ3v) is 3.87. The third kappa shape index (κ3) is 4.07. The van der Waals surface area contributed by atoms with E-state index in [0.717, 1.165) is 11.3 Å². The van der Waals surface area contributed by atoms with Crippen LogP contribution in [0.15, 0.2) is 45.9 Å². The maximum Gasteiger partial charge on any atom is 0.271 e. The molecule has 0 aliphatic heterocycles. The van der Waals surface area contributed by atoms with E-state index < -0.39 is 10.0 Å². The summed E-state index contributed by atoms with van der Waals surface area (Å²) >= 11 is 0. The second kappa shape index (κ2) is 6.30. The highest BCUT2D eigenvalue weighted by molar-refractivity contribution is 7.89. The van der Waals surface area contributed by atoms with Gasteiger partial charge in [-0.2, -0.15) is 0 Å². The molecule has 1 heterocycles. The minimum Gasteiger partial charge on any atom is -0.497 e. The van der Waals surface area contributed by atoms with Crippen LogP contribution in [0.1, 0.15) is 24.3 Å². The first kappa shape index (κ1) is 15.6. The van der Waals surface area contributed by atoms with Crippen LogP contribution in [0.25, 0.3) is 0 Å². The standard InChI is InChI=1S/C14H18N2O4S/c1-10(11-4-3-5-12(8-11)19-2)16-9-13-6-7-14(20-13)21(15,17)18/h3-8,10,16H,9H2,1-2H3,(H2,15,17,18)/t10-/m0/s1. The number of hydrogen-bond donors (Lipinski definition) is 2. The monoisotopic (exact) mass is 310 g/mol. The number of sulfonamides is 1. The van der Waals surface area contributed by atoms with Gasteiger partial charge >= 0.3 is 0 Å². The van der Waals surface area contributed by atoms with Gasteiger partial charge in [0.2, 0.25) is 5.09 Å². The smallest absolute Gasteiger partial charge is 0.271 e. The zero-order valence-corrected chi connectivity index (χ0v) is 12.7. The van der Waals surface area contributed by atoms with Crippen molar-refractivity contribution in [3.05, 3.63) is 47.7 Å². The molecule has 0 fully saturated rings. The minimum atomic E-state index is -3.79. The van der Waals surface area contributed by atoms with Gasteiger partial charge in [-0.15, -0.1) is 0 Å². The third-order valence-electron chi connectivity index (χ3n) is 3.09. The Labute approximate surface area is 124 Å². The predicted octanol–water partition coefficient (Wildman–Crippen LogP) is 1.79. The first-order valence-corrected chi connectivity index (χ1v) is 7.93. The van der Waals surface area contributed by atoms with Crippen molar-refractivity contribution in [3.63, 3.8) is 0 Å². The van der Waals surface area contributed by atoms with Gasteiger partial charge in [-0.25, -0.2) is 13.6 Å². The number of furan rings is 1. The summed E-state index contributed by atoms with van der Waals surface area (Å²) in [6.07, 6.45) is 0. The molecule has 21 heavy (non-hydrogen) atoms. The molecule has 3 N–H and O–H groups in total. The topological polar surface area (TPSA) is 94.6 Å². The maximum atomic E-state index is 11.1. The second-order valence-electron chi connectivity index (χ2n) is 4.64. The van der Waals surface area contributed by atoms with Crippen LogP contribution in [-0.4, -0.2) is 15.5 Å². The molecule has 1 aromatic heterocycles. The number of nitrogens with one attached hydrogen (secondary N) is 1. The molecule has 6 nitrogen and oxygen atoms in total. The van der Waals surface area contributed by atoms with Gasteiger partial charge in [-0.1, -0.05) is 12.1 Å². The lowest BCUT2D eigenvalue weighted by atomic mass is 10.1. The van der Waals surface area contributed by atoms with E-state index >= 15 is 0 Å². The van der Waals surface area contributed by atoms with E-state index in [1.165, 1.54) is 6.07 Å². The van der Waals surface area contributed by atoms with Crippen molar-refractivity contribution in [2.24, 2.45) is 5.14 Å². The first-order valence-electron chi connectivity index (χ1n) is 6.39. The summed E-state index contributed by atoms with van der Waals surface area (Å²) in [7, 11) is -2.17. The number of nitrogens with two attached hydrogens (primary N) is 1. The van der Waals surface area contributed by atoms with E-state index in [4.69, 9.17) is 14.3 Å². The Kier molecular flexibility index (Phi) is 4.66. The van der Waals surface area contributed by atoms with Crippen molar-refractivity contribution in [2.45, 2.75) is 24.6 Å². The Morgan fingerprint density at radius 3 is 2.71 bits per heavy atom. The number of rotatable bonds is 6. The van der Waals surface area contributed by atoms with E-state index in [1.807, 2.05) is 31.2 Å². The van der Waals surface area contributed by atoms with Crippen molar-refractivity contribution in [2.75, 3.05) is 7.11 Å². The van der Waals surface area contributed by atoms with Gasteiger partial charge < -0.3 is 14.5 Å². The van der Waals surface area contributed by atoms with E-state index in [0.29, 0.717) is 12.3 Å². The van der Waals surface area contributed by atoms with Crippen molar-refractivity contribution in [1.82, 2.24) is 5.32 Å². The summed E-state index contributed by atoms with van der Waals surface area (Å²) in [5.74, 6) is 1.30. The van der Waals surface area contributed by atoms with E-state index in [-0.39, 0.29) is 11.1 Å². The SMILES string of the molecule is COc1cccc([C@H](C)NCc2ccc(S(N)(=O)=O)o2)c1. The molecule has 0 saturated heterocycles. The zero-order valence-electron chi connectivity index (χ0n) is 11.9. The van der Waals surface area contributed by atoms with Crippen molar-refractivity contribution >= 4 is 10.0 Å². The molecule has 2 aromatic rings. The Bertz CT molecular complexity index is 709. The van der Waals surface area contributed by atoms with Crippen molar-refractivity contribution < 1.29 is 17.6 Å². The molecule has 114 valence electrons. The van der Waals surface area contributed by atoms with E-state index in [9.17, 15) is 8.42 Å². The lowest BCUT2D eigenvalue weighted by Crippen LogP contribution is -2.17. The summed E-state index contributed by atoms with van der Waals surface area (Å²) < 4.78 is 32.6. The normalized spacial score (nSPS) is 13.1. The van der Waals surface area contributed by atoms with Crippen LogP contribution in [0.3, 0.4) is 0 Å². The molecule has 1 atom stereocenters. The number of primary sulfonamides is 1. The van der Waals surface area contributed by atoms with Crippen molar-refractivity contribution in [3.8, 4) is 5.75 Å². The molecule has 0 bridgehead atoms. The van der Waals surface area contributed by atoms with Gasteiger partial charge in [-0.05, 0) is 36.8 Å². The summed E-state index contributed by atoms with van der Waals surface area (Å²) in [5.41, 5.74) is 1.06. The molecule has 0 aliphatic carbocycles. The second-order valence-corrected chi connectivity index (χ2v) is 6.14. The van der Waals surface area contributed by atoms with Gasteiger partial charge in [-0.3, -0.25) is 0 Å². The van der Waals surface area contributed by atoms with Gasteiger partial charge in [0.05, 0.1) is 13.7 Å². The first-order chi connectivity index (χ1) is 9.90. The highest BCUT2D eigenvalue weighted by atomic mass is 32.2. The Morgan fingerprint density at radius 2 is 2.10 bits per heavy atom. The van der Waals surface area contributed by atoms with Crippen LogP contribution >= 0.6 is 0 Å². The molecule has 1 aromatic carbocycles. The zero-order chi connectivity index (χ0) is 15.5. The minimum absolute atomic E-state index is 0.0585. The van der Waals surface area contributed by atoms with Crippen LogP contribution in [0.2, 0.25) is 0 Å². The van der Waals surface area contributed by atoms with Gasteiger partial charge in [0.1, 0.15) is 11.5 Å². The van der Waals surface area contributed by atoms with Gasteiger partial charge in [0, 0.05) is 6.04 Å². The molecule has 7 heteroatoms. The summed E-state index contributed by atoms with van der Waals surface area (Å²) in [4.78, 5) is 0. The van der Waals surface area contributed by atoms with Crippen molar-refractivity contribution in [1.29, 1.82) is 0 Å². The van der Waals surface area contributed by atoms with E-state index in [1.54, 1.807) is 13.2 Å². The van der Waals surface area contributed by atoms with Crippen LogP contribution < -0.4 is 15.2 Å². The summed E-state index contributed by atoms with van der Waals surface area (Å²) in [6.45, 7) is 2.40. The molecule has 0 aliphatic rings. The van der Waals surface area contributed by atoms with E-state index in [2.05, 4.69) is 5.32 Å². The predicted molar refractivity (Wildman–Crippen MR) is 78.3 cm³/mol. The lowest BCUT2D eigenvalue weighted by molar-refractivity contribution is 0.392. The number of benzene rings is 1. The fraction of sp³-hybridized carbons (Fsp3) is 0.286. The van der Waals surface area contributed by atoms with Crippen LogP contribution in [0.4, 0.5) is 0 Å². The highest BCUT2D eigenvalue weighted by Crippen LogP contribution is 2.19. The average Bonchev–Trinajstić information content (AvgIpc) is 2.94. The highest BCUT2D eigenvalue weighted by Gasteiger charge is 2.14. The lowest BCUT2D eigenvalue weighted by Gasteiger charge is -2.14. The summed E-state index contributed by atoms with van der Waals surface area (Å²) in [5, 5.41) is 8.01. The number of hydrogen-bond acceptors (Lipinski definition) is 5. The Balaban J connectivity index is 2.00. The maximum absolute atomic E-state index is 11.1. The van der Waals surface area contributed by atoms with Crippen LogP contribution in [0.5, 0.6) is 5.75 Å². The Hall–Kier alpha value is -1.83. The van der Waals surface area contributed by atoms with Crippen LogP contribution in [0, 0.1) is 0 Å². The molecule has 0 spiro atoms. The van der Waals surface area contributed by atoms with Gasteiger partial charge in [0.25, 0.3) is 10.0 Å². The Morgan fingerprint density at radius 1 is 1.33 bits per heavy atom. The molecular formula is C14H18N2O4S. The summed E-state index contributed by atoms with van der Waals surface area (Å²) in [6, 6.07) is 10.7. The quantitative estimate of drug-likeness (QED) is 0.848. The number of ether oxygens (including phenoxy) is 1. The molecule has 0 unspecified atom stereocenters. The average molecular weight is 310 g/mol. The van der Waals surface area contributed by atoms with Crippen LogP contribution in [-0.2, 0) is 16.6 Å². The molecule has 0 radical (unpaired) electrons. The molecular weight excluding hydrogens is 292 g/mol. The largest absolute Gasteiger partial charge is 0.497 e. The van der Waals surface area contributed by atoms with Gasteiger partial charge in [0.15, 0.2) is 0 Å². The number of methoxy groups -OCH3 is 1.